The number of hydrogen-bond donors (Lipinski definition) is 4. The number of aliphatic hydroxyl groups is 1. The summed E-state index contributed by atoms with van der Waals surface area (Å²) in [5.74, 6) is -2.88. The monoisotopic (exact) mass is 277 g/mol. The molecule has 1 unspecified atom stereocenters. The van der Waals surface area contributed by atoms with Crippen molar-refractivity contribution in [3.8, 4) is 0 Å². The Balaban J connectivity index is 0.000000356. The fraction of sp³-hybridized carbons (Fsp3) is 0.600. The third-order valence-electron chi connectivity index (χ3n) is 1.86. The number of amides is 2. The summed E-state index contributed by atoms with van der Waals surface area (Å²) in [6.07, 6.45) is -1.36. The SMILES string of the molecule is O=C(O)CCOCCC(=O)O.O=C1CC(O)C(=O)N1. The van der Waals surface area contributed by atoms with Gasteiger partial charge in [0, 0.05) is 0 Å². The number of carboxylic acid groups (broad SMARTS) is 2. The van der Waals surface area contributed by atoms with Crippen molar-refractivity contribution in [1.29, 1.82) is 0 Å². The molecule has 1 aliphatic heterocycles. The number of aliphatic hydroxyl groups excluding tert-OH is 1. The Hall–Kier alpha value is -2.00. The van der Waals surface area contributed by atoms with Gasteiger partial charge in [-0.25, -0.2) is 0 Å². The summed E-state index contributed by atoms with van der Waals surface area (Å²) >= 11 is 0. The molecule has 9 nitrogen and oxygen atoms in total. The normalized spacial score (nSPS) is 17.4. The zero-order chi connectivity index (χ0) is 14.8. The molecule has 0 bridgehead atoms. The van der Waals surface area contributed by atoms with E-state index in [4.69, 9.17) is 20.1 Å². The number of rotatable bonds is 6. The molecule has 0 aromatic carbocycles. The van der Waals surface area contributed by atoms with Crippen LogP contribution in [0.15, 0.2) is 0 Å². The first-order valence-electron chi connectivity index (χ1n) is 5.36. The Morgan fingerprint density at radius 3 is 1.84 bits per heavy atom. The first-order chi connectivity index (χ1) is 8.82. The van der Waals surface area contributed by atoms with Crippen molar-refractivity contribution in [2.45, 2.75) is 25.4 Å². The predicted octanol–water partition coefficient (Wildman–Crippen LogP) is -1.65. The molecule has 0 saturated carbocycles. The Kier molecular flexibility index (Phi) is 8.05. The highest BCUT2D eigenvalue weighted by molar-refractivity contribution is 6.04. The molecule has 1 atom stereocenters. The van der Waals surface area contributed by atoms with Crippen molar-refractivity contribution in [2.75, 3.05) is 13.2 Å². The van der Waals surface area contributed by atoms with Crippen LogP contribution in [0.1, 0.15) is 19.3 Å². The lowest BCUT2D eigenvalue weighted by Gasteiger charge is -1.97. The van der Waals surface area contributed by atoms with E-state index in [1.807, 2.05) is 5.32 Å². The van der Waals surface area contributed by atoms with Crippen LogP contribution in [-0.2, 0) is 23.9 Å². The predicted molar refractivity (Wildman–Crippen MR) is 59.1 cm³/mol. The van der Waals surface area contributed by atoms with E-state index in [0.29, 0.717) is 0 Å². The molecule has 4 N–H and O–H groups in total. The summed E-state index contributed by atoms with van der Waals surface area (Å²) < 4.78 is 4.69. The van der Waals surface area contributed by atoms with Crippen molar-refractivity contribution in [3.05, 3.63) is 0 Å². The smallest absolute Gasteiger partial charge is 0.305 e. The van der Waals surface area contributed by atoms with Gasteiger partial charge in [0.15, 0.2) is 0 Å². The topological polar surface area (TPSA) is 150 Å². The quantitative estimate of drug-likeness (QED) is 0.333. The highest BCUT2D eigenvalue weighted by Crippen LogP contribution is 1.98. The van der Waals surface area contributed by atoms with Crippen molar-refractivity contribution < 1.29 is 39.2 Å². The van der Waals surface area contributed by atoms with Crippen molar-refractivity contribution in [2.24, 2.45) is 0 Å². The van der Waals surface area contributed by atoms with Crippen LogP contribution in [0.5, 0.6) is 0 Å². The highest BCUT2D eigenvalue weighted by Gasteiger charge is 2.27. The lowest BCUT2D eigenvalue weighted by Crippen LogP contribution is -2.24. The molecule has 1 fully saturated rings. The first-order valence-corrected chi connectivity index (χ1v) is 5.36. The third-order valence-corrected chi connectivity index (χ3v) is 1.86. The van der Waals surface area contributed by atoms with E-state index in [2.05, 4.69) is 0 Å². The Morgan fingerprint density at radius 1 is 1.16 bits per heavy atom. The zero-order valence-corrected chi connectivity index (χ0v) is 10.00. The molecule has 0 radical (unpaired) electrons. The van der Waals surface area contributed by atoms with Gasteiger partial charge < -0.3 is 20.1 Å². The maximum Gasteiger partial charge on any atom is 0.305 e. The molecule has 108 valence electrons. The van der Waals surface area contributed by atoms with Gasteiger partial charge >= 0.3 is 11.9 Å². The van der Waals surface area contributed by atoms with Gasteiger partial charge in [-0.2, -0.15) is 0 Å². The van der Waals surface area contributed by atoms with Crippen LogP contribution in [-0.4, -0.2) is 58.4 Å². The molecule has 19 heavy (non-hydrogen) atoms. The van der Waals surface area contributed by atoms with Crippen LogP contribution in [0.25, 0.3) is 0 Å². The largest absolute Gasteiger partial charge is 0.481 e. The van der Waals surface area contributed by atoms with E-state index in [1.54, 1.807) is 0 Å². The molecular formula is C10H15NO8. The summed E-state index contributed by atoms with van der Waals surface area (Å²) in [7, 11) is 0. The number of carbonyl (C=O) groups is 4. The number of hydrogen-bond acceptors (Lipinski definition) is 6. The number of nitrogens with one attached hydrogen (secondary N) is 1. The van der Waals surface area contributed by atoms with Crippen LogP contribution < -0.4 is 5.32 Å². The van der Waals surface area contributed by atoms with Crippen LogP contribution in [0.4, 0.5) is 0 Å². The first kappa shape index (κ1) is 17.0. The summed E-state index contributed by atoms with van der Waals surface area (Å²) in [6, 6.07) is 0. The molecule has 0 aliphatic carbocycles. The van der Waals surface area contributed by atoms with Gasteiger partial charge in [0.1, 0.15) is 6.10 Å². The lowest BCUT2D eigenvalue weighted by atomic mass is 10.3. The average molecular weight is 277 g/mol. The fourth-order valence-electron chi connectivity index (χ4n) is 0.961. The van der Waals surface area contributed by atoms with Gasteiger partial charge in [-0.3, -0.25) is 24.5 Å². The Morgan fingerprint density at radius 2 is 1.63 bits per heavy atom. The minimum atomic E-state index is -1.11. The second kappa shape index (κ2) is 9.00. The third kappa shape index (κ3) is 9.68. The van der Waals surface area contributed by atoms with Crippen molar-refractivity contribution in [3.63, 3.8) is 0 Å². The summed E-state index contributed by atoms with van der Waals surface area (Å²) in [4.78, 5) is 40.2. The molecule has 0 aromatic rings. The molecule has 9 heteroatoms. The van der Waals surface area contributed by atoms with Gasteiger partial charge in [-0.1, -0.05) is 0 Å². The van der Waals surface area contributed by atoms with Gasteiger partial charge in [-0.05, 0) is 0 Å². The fourth-order valence-corrected chi connectivity index (χ4v) is 0.961. The minimum Gasteiger partial charge on any atom is -0.481 e. The van der Waals surface area contributed by atoms with E-state index in [1.165, 1.54) is 0 Å². The van der Waals surface area contributed by atoms with Gasteiger partial charge in [0.05, 0.1) is 32.5 Å². The molecule has 2 amide bonds. The van der Waals surface area contributed by atoms with Crippen molar-refractivity contribution >= 4 is 23.8 Å². The highest BCUT2D eigenvalue weighted by atomic mass is 16.5. The molecule has 1 rings (SSSR count). The molecule has 0 spiro atoms. The second-order valence-corrected chi connectivity index (χ2v) is 3.53. The molecule has 1 saturated heterocycles. The van der Waals surface area contributed by atoms with Crippen LogP contribution >= 0.6 is 0 Å². The number of aliphatic carboxylic acids is 2. The van der Waals surface area contributed by atoms with E-state index < -0.39 is 29.9 Å². The lowest BCUT2D eigenvalue weighted by molar-refractivity contribution is -0.139. The van der Waals surface area contributed by atoms with Gasteiger partial charge in [0.2, 0.25) is 5.91 Å². The van der Waals surface area contributed by atoms with Crippen molar-refractivity contribution in [1.82, 2.24) is 5.32 Å². The summed E-state index contributed by atoms with van der Waals surface area (Å²) in [6.45, 7) is 0.144. The zero-order valence-electron chi connectivity index (χ0n) is 10.00. The molecule has 1 aliphatic rings. The average Bonchev–Trinajstić information content (AvgIpc) is 2.55. The van der Waals surface area contributed by atoms with Gasteiger partial charge in [-0.15, -0.1) is 0 Å². The van der Waals surface area contributed by atoms with Gasteiger partial charge in [0.25, 0.3) is 5.91 Å². The molecule has 0 aromatic heterocycles. The van der Waals surface area contributed by atoms with Crippen LogP contribution in [0.3, 0.4) is 0 Å². The summed E-state index contributed by atoms with van der Waals surface area (Å²) in [5, 5.41) is 26.7. The number of ether oxygens (including phenoxy) is 1. The number of imide groups is 1. The maximum atomic E-state index is 10.2. The van der Waals surface area contributed by atoms with E-state index in [-0.39, 0.29) is 32.5 Å². The Labute approximate surface area is 108 Å². The number of carboxylic acids is 2. The maximum absolute atomic E-state index is 10.2. The Bertz CT molecular complexity index is 337. The second-order valence-electron chi connectivity index (χ2n) is 3.53. The molecule has 1 heterocycles. The standard InChI is InChI=1S/C6H10O5.C4H5NO3/c7-5(8)1-3-11-4-2-6(9)10;6-2-1-3(7)5-4(2)8/h1-4H2,(H,7,8)(H,9,10);2,6H,1H2,(H,5,7,8). The van der Waals surface area contributed by atoms with E-state index in [9.17, 15) is 19.2 Å². The van der Waals surface area contributed by atoms with E-state index in [0.717, 1.165) is 0 Å². The summed E-state index contributed by atoms with van der Waals surface area (Å²) in [5.41, 5.74) is 0. The minimum absolute atomic E-state index is 0.0720. The van der Waals surface area contributed by atoms with E-state index >= 15 is 0 Å². The number of carbonyl (C=O) groups excluding carboxylic acids is 2. The van der Waals surface area contributed by atoms with Crippen LogP contribution in [0.2, 0.25) is 0 Å². The van der Waals surface area contributed by atoms with Crippen LogP contribution in [0, 0.1) is 0 Å². The molecular weight excluding hydrogens is 262 g/mol.